The summed E-state index contributed by atoms with van der Waals surface area (Å²) in [4.78, 5) is 71.0. The number of hydrogen-bond donors (Lipinski definition) is 2. The molecule has 3 amide bonds. The molecule has 4 rings (SSSR count). The molecule has 0 aromatic carbocycles. The predicted octanol–water partition coefficient (Wildman–Crippen LogP) is 6.36. The number of carbonyl (C=O) groups is 5. The number of likely N-dealkylation sites (tertiary alicyclic amines) is 1. The maximum Gasteiger partial charge on any atom is 0.315 e. The Morgan fingerprint density at radius 1 is 0.941 bits per heavy atom. The van der Waals surface area contributed by atoms with E-state index in [9.17, 15) is 32.4 Å². The highest BCUT2D eigenvalue weighted by Crippen LogP contribution is 2.53. The first-order chi connectivity index (χ1) is 23.5. The van der Waals surface area contributed by atoms with Crippen molar-refractivity contribution in [3.63, 3.8) is 0 Å². The first kappa shape index (κ1) is 41.2. The van der Waals surface area contributed by atoms with Gasteiger partial charge in [0.2, 0.25) is 11.7 Å². The Kier molecular flexibility index (Phi) is 12.5. The molecule has 0 spiro atoms. The molecule has 11 heteroatoms. The second kappa shape index (κ2) is 15.4. The summed E-state index contributed by atoms with van der Waals surface area (Å²) in [6.45, 7) is 19.0. The van der Waals surface area contributed by atoms with Crippen LogP contribution < -0.4 is 10.6 Å². The summed E-state index contributed by atoms with van der Waals surface area (Å²) in [5.74, 6) is -2.06. The number of hydrogen-bond acceptors (Lipinski definition) is 7. The van der Waals surface area contributed by atoms with Gasteiger partial charge in [0.1, 0.15) is 6.04 Å². The van der Waals surface area contributed by atoms with E-state index in [1.54, 1.807) is 31.7 Å². The Morgan fingerprint density at radius 3 is 2.12 bits per heavy atom. The Morgan fingerprint density at radius 2 is 1.57 bits per heavy atom. The van der Waals surface area contributed by atoms with Gasteiger partial charge < -0.3 is 15.5 Å². The number of urea groups is 1. The Balaban J connectivity index is 1.60. The third-order valence-corrected chi connectivity index (χ3v) is 15.1. The first-order valence-electron chi connectivity index (χ1n) is 19.3. The van der Waals surface area contributed by atoms with E-state index in [-0.39, 0.29) is 47.5 Å². The van der Waals surface area contributed by atoms with Crippen LogP contribution in [0.3, 0.4) is 0 Å². The van der Waals surface area contributed by atoms with Gasteiger partial charge in [0, 0.05) is 25.3 Å². The molecule has 288 valence electrons. The second-order valence-corrected chi connectivity index (χ2v) is 21.7. The lowest BCUT2D eigenvalue weighted by Gasteiger charge is -2.41. The number of carbonyl (C=O) groups excluding carboxylic acids is 5. The summed E-state index contributed by atoms with van der Waals surface area (Å²) >= 11 is 0. The van der Waals surface area contributed by atoms with Crippen molar-refractivity contribution in [1.82, 2.24) is 15.5 Å². The van der Waals surface area contributed by atoms with Gasteiger partial charge in [0.15, 0.2) is 21.4 Å². The molecule has 1 aliphatic heterocycles. The van der Waals surface area contributed by atoms with Crippen molar-refractivity contribution in [1.29, 1.82) is 0 Å². The van der Waals surface area contributed by atoms with E-state index < -0.39 is 61.1 Å². The number of fused-ring (bicyclic) bond motifs is 1. The molecule has 1 unspecified atom stereocenters. The zero-order chi connectivity index (χ0) is 38.2. The SMILES string of the molecule is C=CCCC(=O)C(=O)C(CC(=O)[C@@H]1[C@H]2CCC(C)(C)[C@H]2CN1C(=O)[C@@H](NC(=O)NC1(CS(=O)(=O)C(C)(C)C)CCCCC1)C(C)(C)C)CC1CC1. The zero-order valence-corrected chi connectivity index (χ0v) is 33.4. The van der Waals surface area contributed by atoms with Gasteiger partial charge in [-0.05, 0) is 87.9 Å². The number of ketones is 3. The Bertz CT molecular complexity index is 1460. The summed E-state index contributed by atoms with van der Waals surface area (Å²) in [6.07, 6.45) is 9.78. The van der Waals surface area contributed by atoms with Gasteiger partial charge in [-0.25, -0.2) is 13.2 Å². The molecule has 4 fully saturated rings. The molecule has 0 bridgehead atoms. The lowest BCUT2D eigenvalue weighted by Crippen LogP contribution is -2.63. The zero-order valence-electron chi connectivity index (χ0n) is 32.6. The molecule has 4 aliphatic rings. The van der Waals surface area contributed by atoms with Crippen molar-refractivity contribution in [3.8, 4) is 0 Å². The number of Topliss-reactive ketones (excluding diaryl/α,β-unsaturated/α-hetero) is 3. The Hall–Kier alpha value is -2.56. The third kappa shape index (κ3) is 9.71. The van der Waals surface area contributed by atoms with Crippen LogP contribution >= 0.6 is 0 Å². The van der Waals surface area contributed by atoms with E-state index >= 15 is 0 Å². The highest BCUT2D eigenvalue weighted by atomic mass is 32.2. The van der Waals surface area contributed by atoms with Crippen LogP contribution in [-0.2, 0) is 29.0 Å². The van der Waals surface area contributed by atoms with Crippen molar-refractivity contribution >= 4 is 39.1 Å². The van der Waals surface area contributed by atoms with E-state index in [1.807, 2.05) is 20.8 Å². The van der Waals surface area contributed by atoms with Gasteiger partial charge in [-0.1, -0.05) is 72.8 Å². The summed E-state index contributed by atoms with van der Waals surface area (Å²) in [6, 6.07) is -2.35. The smallest absolute Gasteiger partial charge is 0.315 e. The molecular formula is C40H65N3O7S. The van der Waals surface area contributed by atoms with E-state index in [2.05, 4.69) is 31.1 Å². The van der Waals surface area contributed by atoms with Crippen molar-refractivity contribution in [2.24, 2.45) is 34.5 Å². The van der Waals surface area contributed by atoms with Crippen LogP contribution in [-0.4, -0.2) is 77.3 Å². The minimum atomic E-state index is -3.56. The molecule has 0 radical (unpaired) electrons. The van der Waals surface area contributed by atoms with Crippen molar-refractivity contribution in [2.45, 2.75) is 161 Å². The third-order valence-electron chi connectivity index (χ3n) is 12.4. The van der Waals surface area contributed by atoms with Gasteiger partial charge in [-0.3, -0.25) is 19.2 Å². The predicted molar refractivity (Wildman–Crippen MR) is 200 cm³/mol. The highest BCUT2D eigenvalue weighted by Gasteiger charge is 2.57. The van der Waals surface area contributed by atoms with Crippen LogP contribution in [0.4, 0.5) is 4.79 Å². The van der Waals surface area contributed by atoms with Crippen LogP contribution in [0.2, 0.25) is 0 Å². The Labute approximate surface area is 307 Å². The van der Waals surface area contributed by atoms with Gasteiger partial charge in [-0.15, -0.1) is 6.58 Å². The van der Waals surface area contributed by atoms with Crippen LogP contribution in [0.1, 0.15) is 139 Å². The van der Waals surface area contributed by atoms with Gasteiger partial charge >= 0.3 is 6.03 Å². The largest absolute Gasteiger partial charge is 0.332 e. The first-order valence-corrected chi connectivity index (χ1v) is 21.0. The minimum absolute atomic E-state index is 0.0739. The van der Waals surface area contributed by atoms with Gasteiger partial charge in [0.05, 0.1) is 22.1 Å². The molecule has 51 heavy (non-hydrogen) atoms. The standard InChI is InChI=1S/C40H65N3O7S/c1-10-11-15-30(44)33(46)27(22-26-16-17-26)23-31(45)32-28-18-21-39(8,9)29(28)24-43(32)35(47)34(37(2,3)4)41-36(48)42-40(19-13-12-14-20-40)25-51(49,50)38(5,6)7/h10,26-29,32,34H,1,11-25H2,2-9H3,(H2,41,42,48)/t27?,28-,29-,32-,34+/m0/s1. The van der Waals surface area contributed by atoms with Crippen molar-refractivity contribution in [2.75, 3.05) is 12.3 Å². The molecule has 0 aromatic rings. The fraction of sp³-hybridized carbons (Fsp3) is 0.825. The lowest BCUT2D eigenvalue weighted by molar-refractivity contribution is -0.144. The van der Waals surface area contributed by atoms with Crippen LogP contribution in [0, 0.1) is 34.5 Å². The highest BCUT2D eigenvalue weighted by molar-refractivity contribution is 7.92. The average molecular weight is 732 g/mol. The van der Waals surface area contributed by atoms with Gasteiger partial charge in [0.25, 0.3) is 0 Å². The lowest BCUT2D eigenvalue weighted by atomic mass is 9.78. The number of nitrogens with one attached hydrogen (secondary N) is 2. The molecule has 0 aromatic heterocycles. The van der Waals surface area contributed by atoms with Crippen LogP contribution in [0.25, 0.3) is 0 Å². The number of nitrogens with zero attached hydrogens (tertiary/aromatic N) is 1. The molecule has 3 aliphatic carbocycles. The molecule has 5 atom stereocenters. The fourth-order valence-corrected chi connectivity index (χ4v) is 10.3. The van der Waals surface area contributed by atoms with E-state index in [0.29, 0.717) is 38.1 Å². The summed E-state index contributed by atoms with van der Waals surface area (Å²) in [5, 5.41) is 5.99. The number of rotatable bonds is 15. The van der Waals surface area contributed by atoms with Crippen LogP contribution in [0.15, 0.2) is 12.7 Å². The van der Waals surface area contributed by atoms with Crippen molar-refractivity contribution < 1.29 is 32.4 Å². The maximum absolute atomic E-state index is 14.8. The summed E-state index contributed by atoms with van der Waals surface area (Å²) in [5.41, 5.74) is -1.79. The maximum atomic E-state index is 14.8. The topological polar surface area (TPSA) is 147 Å². The van der Waals surface area contributed by atoms with E-state index in [0.717, 1.165) is 44.9 Å². The minimum Gasteiger partial charge on any atom is -0.332 e. The van der Waals surface area contributed by atoms with E-state index in [1.165, 1.54) is 0 Å². The normalized spacial score (nSPS) is 25.7. The van der Waals surface area contributed by atoms with Gasteiger partial charge in [-0.2, -0.15) is 0 Å². The summed E-state index contributed by atoms with van der Waals surface area (Å²) < 4.78 is 25.8. The number of allylic oxidation sites excluding steroid dienone is 1. The molecule has 2 N–H and O–H groups in total. The number of sulfone groups is 1. The molecular weight excluding hydrogens is 667 g/mol. The van der Waals surface area contributed by atoms with Crippen molar-refractivity contribution in [3.05, 3.63) is 12.7 Å². The molecule has 1 heterocycles. The summed E-state index contributed by atoms with van der Waals surface area (Å²) in [7, 11) is -3.56. The second-order valence-electron chi connectivity index (χ2n) is 19.0. The average Bonchev–Trinajstić information content (AvgIpc) is 3.67. The quantitative estimate of drug-likeness (QED) is 0.147. The molecule has 1 saturated heterocycles. The van der Waals surface area contributed by atoms with E-state index in [4.69, 9.17) is 0 Å². The fourth-order valence-electron chi connectivity index (χ4n) is 8.78. The van der Waals surface area contributed by atoms with Crippen LogP contribution in [0.5, 0.6) is 0 Å². The molecule has 10 nitrogen and oxygen atoms in total. The molecule has 3 saturated carbocycles. The monoisotopic (exact) mass is 731 g/mol. The number of amides is 3.